The average Bonchev–Trinajstić information content (AvgIpc) is 3.49. The SMILES string of the molecule is CC(C)(c1cccc(-n2[c-]c3ncccc3n2)n1)c1cccc(-n2[c-]c3ncccc3n2)n1.[Pd+2]. The Morgan fingerprint density at radius 2 is 1.12 bits per heavy atom. The van der Waals surface area contributed by atoms with E-state index in [-0.39, 0.29) is 20.4 Å². The smallest absolute Gasteiger partial charge is 0.341 e. The van der Waals surface area contributed by atoms with Crippen LogP contribution < -0.4 is 0 Å². The van der Waals surface area contributed by atoms with Crippen molar-refractivity contribution in [2.24, 2.45) is 0 Å². The molecule has 6 aromatic rings. The summed E-state index contributed by atoms with van der Waals surface area (Å²) in [7, 11) is 0. The Bertz CT molecular complexity index is 1430. The van der Waals surface area contributed by atoms with E-state index in [0.717, 1.165) is 22.4 Å². The maximum absolute atomic E-state index is 4.88. The summed E-state index contributed by atoms with van der Waals surface area (Å²) < 4.78 is 3.27. The molecule has 0 aliphatic rings. The van der Waals surface area contributed by atoms with Crippen LogP contribution in [-0.2, 0) is 25.8 Å². The van der Waals surface area contributed by atoms with Crippen molar-refractivity contribution in [3.63, 3.8) is 0 Å². The van der Waals surface area contributed by atoms with Gasteiger partial charge in [-0.05, 0) is 49.4 Å². The van der Waals surface area contributed by atoms with Gasteiger partial charge in [0.2, 0.25) is 0 Å². The summed E-state index contributed by atoms with van der Waals surface area (Å²) in [6.07, 6.45) is 9.79. The molecular formula is C25H18N8Pd. The molecule has 0 amide bonds. The second-order valence-corrected chi connectivity index (χ2v) is 8.18. The van der Waals surface area contributed by atoms with Crippen molar-refractivity contribution in [3.8, 4) is 11.6 Å². The van der Waals surface area contributed by atoms with Crippen molar-refractivity contribution in [1.82, 2.24) is 39.5 Å². The van der Waals surface area contributed by atoms with Gasteiger partial charge in [-0.3, -0.25) is 30.1 Å². The Kier molecular flexibility index (Phi) is 5.52. The van der Waals surface area contributed by atoms with Crippen LogP contribution >= 0.6 is 0 Å². The first-order chi connectivity index (χ1) is 16.1. The molecule has 0 aromatic carbocycles. The fourth-order valence-corrected chi connectivity index (χ4v) is 3.72. The van der Waals surface area contributed by atoms with E-state index >= 15 is 0 Å². The quantitative estimate of drug-likeness (QED) is 0.251. The minimum absolute atomic E-state index is 0. The summed E-state index contributed by atoms with van der Waals surface area (Å²) in [6, 6.07) is 19.3. The molecule has 0 N–H and O–H groups in total. The molecule has 9 heteroatoms. The predicted octanol–water partition coefficient (Wildman–Crippen LogP) is 3.87. The van der Waals surface area contributed by atoms with Crippen LogP contribution in [0.3, 0.4) is 0 Å². The topological polar surface area (TPSA) is 87.2 Å². The molecule has 6 heterocycles. The molecule has 168 valence electrons. The molecule has 8 nitrogen and oxygen atoms in total. The Labute approximate surface area is 209 Å². The van der Waals surface area contributed by atoms with E-state index in [1.807, 2.05) is 60.7 Å². The number of hydrogen-bond donors (Lipinski definition) is 0. The molecule has 0 fully saturated rings. The van der Waals surface area contributed by atoms with Gasteiger partial charge in [0.05, 0.1) is 11.6 Å². The number of pyridine rings is 4. The van der Waals surface area contributed by atoms with Crippen molar-refractivity contribution >= 4 is 22.1 Å². The maximum atomic E-state index is 4.88. The monoisotopic (exact) mass is 536 g/mol. The maximum Gasteiger partial charge on any atom is 2.00 e. The number of aromatic nitrogens is 8. The molecule has 0 saturated carbocycles. The van der Waals surface area contributed by atoms with E-state index in [2.05, 4.69) is 46.4 Å². The summed E-state index contributed by atoms with van der Waals surface area (Å²) in [5.41, 5.74) is 4.21. The van der Waals surface area contributed by atoms with Crippen molar-refractivity contribution in [2.75, 3.05) is 0 Å². The van der Waals surface area contributed by atoms with Crippen LogP contribution in [0.15, 0.2) is 73.1 Å². The van der Waals surface area contributed by atoms with E-state index in [4.69, 9.17) is 9.97 Å². The van der Waals surface area contributed by atoms with Crippen molar-refractivity contribution < 1.29 is 20.4 Å². The van der Waals surface area contributed by atoms with Crippen molar-refractivity contribution in [3.05, 3.63) is 96.8 Å². The molecule has 0 saturated heterocycles. The van der Waals surface area contributed by atoms with E-state index in [1.54, 1.807) is 21.8 Å². The van der Waals surface area contributed by atoms with Gasteiger partial charge < -0.3 is 9.36 Å². The second-order valence-electron chi connectivity index (χ2n) is 8.18. The third-order valence-corrected chi connectivity index (χ3v) is 5.60. The zero-order valence-corrected chi connectivity index (χ0v) is 19.9. The van der Waals surface area contributed by atoms with Gasteiger partial charge in [-0.2, -0.15) is 0 Å². The van der Waals surface area contributed by atoms with Crippen LogP contribution in [0.2, 0.25) is 0 Å². The molecule has 6 rings (SSSR count). The van der Waals surface area contributed by atoms with Crippen LogP contribution in [-0.4, -0.2) is 39.5 Å². The van der Waals surface area contributed by atoms with Crippen LogP contribution in [0.5, 0.6) is 0 Å². The second kappa shape index (κ2) is 8.52. The molecule has 0 aliphatic heterocycles. The van der Waals surface area contributed by atoms with Crippen LogP contribution in [0, 0.1) is 12.4 Å². The van der Waals surface area contributed by atoms with E-state index < -0.39 is 5.41 Å². The Balaban J connectivity index is 0.00000241. The fourth-order valence-electron chi connectivity index (χ4n) is 3.72. The van der Waals surface area contributed by atoms with Gasteiger partial charge in [0.25, 0.3) is 0 Å². The zero-order valence-electron chi connectivity index (χ0n) is 18.3. The average molecular weight is 537 g/mol. The van der Waals surface area contributed by atoms with Gasteiger partial charge in [-0.1, -0.05) is 48.5 Å². The first kappa shape index (κ1) is 22.0. The summed E-state index contributed by atoms with van der Waals surface area (Å²) in [5.74, 6) is 1.35. The van der Waals surface area contributed by atoms with E-state index in [0.29, 0.717) is 22.7 Å². The van der Waals surface area contributed by atoms with Gasteiger partial charge in [-0.15, -0.1) is 0 Å². The molecule has 0 spiro atoms. The van der Waals surface area contributed by atoms with E-state index in [9.17, 15) is 0 Å². The molecule has 0 unspecified atom stereocenters. The number of nitrogens with zero attached hydrogens (tertiary/aromatic N) is 8. The van der Waals surface area contributed by atoms with Gasteiger partial charge in [0.15, 0.2) is 0 Å². The third kappa shape index (κ3) is 3.79. The van der Waals surface area contributed by atoms with Crippen molar-refractivity contribution in [2.45, 2.75) is 19.3 Å². The minimum atomic E-state index is -0.471. The molecule has 0 radical (unpaired) electrons. The number of rotatable bonds is 4. The standard InChI is InChI=1S/C25H18N8.Pd/c1-25(2,21-9-3-11-23(28-21)32-15-19-17(30-32)7-5-13-26-19)22-10-4-12-24(29-22)33-16-20-18(31-33)8-6-14-27-20;/h3-14H,1-2H3;/q-2;+2. The Hall–Kier alpha value is -3.80. The minimum Gasteiger partial charge on any atom is -0.341 e. The summed E-state index contributed by atoms with van der Waals surface area (Å²) >= 11 is 0. The van der Waals surface area contributed by atoms with Crippen LogP contribution in [0.1, 0.15) is 25.2 Å². The molecule has 0 atom stereocenters. The summed E-state index contributed by atoms with van der Waals surface area (Å²) in [6.45, 7) is 4.20. The number of hydrogen-bond acceptors (Lipinski definition) is 6. The van der Waals surface area contributed by atoms with Crippen LogP contribution in [0.4, 0.5) is 0 Å². The Morgan fingerprint density at radius 1 is 0.647 bits per heavy atom. The predicted molar refractivity (Wildman–Crippen MR) is 123 cm³/mol. The van der Waals surface area contributed by atoms with Gasteiger partial charge in [0.1, 0.15) is 0 Å². The Morgan fingerprint density at radius 3 is 1.56 bits per heavy atom. The van der Waals surface area contributed by atoms with Gasteiger partial charge >= 0.3 is 20.4 Å². The van der Waals surface area contributed by atoms with E-state index in [1.165, 1.54) is 0 Å². The number of fused-ring (bicyclic) bond motifs is 2. The van der Waals surface area contributed by atoms with Crippen molar-refractivity contribution in [1.29, 1.82) is 0 Å². The zero-order chi connectivity index (χ0) is 22.4. The third-order valence-electron chi connectivity index (χ3n) is 5.60. The van der Waals surface area contributed by atoms with Crippen LogP contribution in [0.25, 0.3) is 33.7 Å². The molecule has 6 aromatic heterocycles. The molecule has 34 heavy (non-hydrogen) atoms. The molecule has 0 bridgehead atoms. The van der Waals surface area contributed by atoms with Gasteiger partial charge in [0, 0.05) is 40.2 Å². The van der Waals surface area contributed by atoms with Gasteiger partial charge in [-0.25, -0.2) is 0 Å². The molecule has 0 aliphatic carbocycles. The first-order valence-corrected chi connectivity index (χ1v) is 10.5. The summed E-state index contributed by atoms with van der Waals surface area (Å²) in [4.78, 5) is 18.4. The largest absolute Gasteiger partial charge is 2.00 e. The molecular weight excluding hydrogens is 519 g/mol. The normalized spacial score (nSPS) is 11.6. The fraction of sp³-hybridized carbons (Fsp3) is 0.120. The first-order valence-electron chi connectivity index (χ1n) is 10.5. The summed E-state index contributed by atoms with van der Waals surface area (Å²) in [5, 5.41) is 9.10.